The topological polar surface area (TPSA) is 21.3 Å². The molecule has 0 unspecified atom stereocenters. The molecular formula is C7H13NO. The maximum atomic E-state index is 5.45. The minimum atomic E-state index is 0.637. The summed E-state index contributed by atoms with van der Waals surface area (Å²) in [6.07, 6.45) is 1.94. The van der Waals surface area contributed by atoms with Crippen LogP contribution in [0.4, 0.5) is 0 Å². The highest BCUT2D eigenvalue weighted by molar-refractivity contribution is 5.02. The minimum absolute atomic E-state index is 0.637. The van der Waals surface area contributed by atoms with Crippen LogP contribution < -0.4 is 5.32 Å². The Bertz CT molecular complexity index is 105. The number of nitrogens with one attached hydrogen (secondary N) is 1. The fraction of sp³-hybridized carbons (Fsp3) is 1.00. The van der Waals surface area contributed by atoms with Crippen molar-refractivity contribution >= 4 is 0 Å². The van der Waals surface area contributed by atoms with Gasteiger partial charge in [0.25, 0.3) is 0 Å². The van der Waals surface area contributed by atoms with Crippen molar-refractivity contribution in [3.8, 4) is 0 Å². The van der Waals surface area contributed by atoms with Gasteiger partial charge in [0.05, 0.1) is 6.10 Å². The van der Waals surface area contributed by atoms with Crippen molar-refractivity contribution in [2.24, 2.45) is 11.8 Å². The van der Waals surface area contributed by atoms with Gasteiger partial charge in [0.1, 0.15) is 0 Å². The lowest BCUT2D eigenvalue weighted by Gasteiger charge is -2.00. The van der Waals surface area contributed by atoms with E-state index in [4.69, 9.17) is 4.74 Å². The number of hydrogen-bond acceptors (Lipinski definition) is 2. The van der Waals surface area contributed by atoms with Crippen molar-refractivity contribution < 1.29 is 4.74 Å². The quantitative estimate of drug-likeness (QED) is 0.573. The summed E-state index contributed by atoms with van der Waals surface area (Å²) in [4.78, 5) is 0. The zero-order valence-electron chi connectivity index (χ0n) is 5.76. The molecule has 1 heterocycles. The first-order valence-electron chi connectivity index (χ1n) is 3.69. The van der Waals surface area contributed by atoms with Gasteiger partial charge in [-0.05, 0) is 19.4 Å². The highest BCUT2D eigenvalue weighted by atomic mass is 16.5. The summed E-state index contributed by atoms with van der Waals surface area (Å²) in [5.74, 6) is 1.76. The molecule has 9 heavy (non-hydrogen) atoms. The van der Waals surface area contributed by atoms with Gasteiger partial charge in [-0.1, -0.05) is 0 Å². The molecule has 2 nitrogen and oxygen atoms in total. The molecule has 0 spiro atoms. The third-order valence-electron chi connectivity index (χ3n) is 2.45. The summed E-state index contributed by atoms with van der Waals surface area (Å²) in [5.41, 5.74) is 0. The first-order chi connectivity index (χ1) is 4.43. The van der Waals surface area contributed by atoms with E-state index >= 15 is 0 Å². The number of ether oxygens (including phenoxy) is 1. The van der Waals surface area contributed by atoms with Crippen LogP contribution in [0.15, 0.2) is 0 Å². The van der Waals surface area contributed by atoms with Crippen LogP contribution in [-0.2, 0) is 4.74 Å². The second kappa shape index (κ2) is 1.96. The summed E-state index contributed by atoms with van der Waals surface area (Å²) < 4.78 is 5.45. The Morgan fingerprint density at radius 1 is 1.67 bits per heavy atom. The van der Waals surface area contributed by atoms with Crippen LogP contribution in [0.3, 0.4) is 0 Å². The fourth-order valence-electron chi connectivity index (χ4n) is 1.88. The highest BCUT2D eigenvalue weighted by Gasteiger charge is 2.53. The minimum Gasteiger partial charge on any atom is -0.378 e. The molecule has 2 rings (SSSR count). The van der Waals surface area contributed by atoms with E-state index in [1.54, 1.807) is 0 Å². The van der Waals surface area contributed by atoms with E-state index in [1.807, 2.05) is 7.05 Å². The molecule has 3 atom stereocenters. The maximum Gasteiger partial charge on any atom is 0.0652 e. The van der Waals surface area contributed by atoms with E-state index in [0.717, 1.165) is 25.0 Å². The molecule has 0 aromatic heterocycles. The van der Waals surface area contributed by atoms with Crippen LogP contribution in [-0.4, -0.2) is 26.3 Å². The first kappa shape index (κ1) is 5.69. The number of hydrogen-bond donors (Lipinski definition) is 1. The van der Waals surface area contributed by atoms with Gasteiger partial charge in [0, 0.05) is 19.1 Å². The summed E-state index contributed by atoms with van der Waals surface area (Å²) in [7, 11) is 2.01. The molecule has 1 saturated carbocycles. The zero-order valence-corrected chi connectivity index (χ0v) is 5.76. The summed E-state index contributed by atoms with van der Waals surface area (Å²) in [5, 5.41) is 3.18. The van der Waals surface area contributed by atoms with Crippen LogP contribution in [0.5, 0.6) is 0 Å². The van der Waals surface area contributed by atoms with Crippen molar-refractivity contribution in [2.45, 2.75) is 12.5 Å². The van der Waals surface area contributed by atoms with Crippen LogP contribution in [0.1, 0.15) is 6.42 Å². The lowest BCUT2D eigenvalue weighted by Crippen LogP contribution is -2.14. The van der Waals surface area contributed by atoms with E-state index < -0.39 is 0 Å². The predicted molar refractivity (Wildman–Crippen MR) is 35.3 cm³/mol. The molecule has 0 bridgehead atoms. The normalized spacial score (nSPS) is 47.0. The van der Waals surface area contributed by atoms with Gasteiger partial charge in [-0.25, -0.2) is 0 Å². The Hall–Kier alpha value is -0.0800. The molecule has 1 N–H and O–H groups in total. The van der Waals surface area contributed by atoms with E-state index in [2.05, 4.69) is 5.32 Å². The van der Waals surface area contributed by atoms with Gasteiger partial charge in [-0.3, -0.25) is 0 Å². The average Bonchev–Trinajstić information content (AvgIpc) is 2.39. The SMILES string of the molecule is CNC[C@H]1[C@H]2CCO[C@H]21. The molecule has 1 aliphatic carbocycles. The molecule has 0 aromatic carbocycles. The standard InChI is InChI=1S/C7H13NO/c1-8-4-6-5-2-3-9-7(5)6/h5-8H,2-4H2,1H3/t5-,6+,7-/m1/s1. The molecule has 0 amide bonds. The molecule has 0 aromatic rings. The van der Waals surface area contributed by atoms with Gasteiger partial charge < -0.3 is 10.1 Å². The van der Waals surface area contributed by atoms with E-state index in [9.17, 15) is 0 Å². The smallest absolute Gasteiger partial charge is 0.0652 e. The van der Waals surface area contributed by atoms with Crippen molar-refractivity contribution in [1.29, 1.82) is 0 Å². The molecule has 0 radical (unpaired) electrons. The van der Waals surface area contributed by atoms with Gasteiger partial charge >= 0.3 is 0 Å². The summed E-state index contributed by atoms with van der Waals surface area (Å²) >= 11 is 0. The van der Waals surface area contributed by atoms with E-state index in [0.29, 0.717) is 6.10 Å². The van der Waals surface area contributed by atoms with Crippen molar-refractivity contribution in [2.75, 3.05) is 20.2 Å². The highest BCUT2D eigenvalue weighted by Crippen LogP contribution is 2.48. The van der Waals surface area contributed by atoms with Crippen LogP contribution in [0.25, 0.3) is 0 Å². The Balaban J connectivity index is 1.81. The molecular weight excluding hydrogens is 114 g/mol. The molecule has 2 fully saturated rings. The second-order valence-electron chi connectivity index (χ2n) is 3.01. The Morgan fingerprint density at radius 3 is 3.11 bits per heavy atom. The van der Waals surface area contributed by atoms with Crippen molar-refractivity contribution in [3.05, 3.63) is 0 Å². The summed E-state index contributed by atoms with van der Waals surface area (Å²) in [6, 6.07) is 0. The second-order valence-corrected chi connectivity index (χ2v) is 3.01. The Labute approximate surface area is 55.6 Å². The maximum absolute atomic E-state index is 5.45. The monoisotopic (exact) mass is 127 g/mol. The Kier molecular flexibility index (Phi) is 1.24. The molecule has 2 heteroatoms. The largest absolute Gasteiger partial charge is 0.378 e. The van der Waals surface area contributed by atoms with Gasteiger partial charge in [0.2, 0.25) is 0 Å². The van der Waals surface area contributed by atoms with Crippen molar-refractivity contribution in [1.82, 2.24) is 5.32 Å². The van der Waals surface area contributed by atoms with Gasteiger partial charge in [-0.2, -0.15) is 0 Å². The Morgan fingerprint density at radius 2 is 2.56 bits per heavy atom. The average molecular weight is 127 g/mol. The van der Waals surface area contributed by atoms with Crippen LogP contribution in [0.2, 0.25) is 0 Å². The van der Waals surface area contributed by atoms with Crippen LogP contribution >= 0.6 is 0 Å². The lowest BCUT2D eigenvalue weighted by atomic mass is 10.2. The lowest BCUT2D eigenvalue weighted by molar-refractivity contribution is 0.138. The van der Waals surface area contributed by atoms with Crippen LogP contribution in [0, 0.1) is 11.8 Å². The fourth-order valence-corrected chi connectivity index (χ4v) is 1.88. The number of rotatable bonds is 2. The summed E-state index contributed by atoms with van der Waals surface area (Å²) in [6.45, 7) is 2.16. The third-order valence-corrected chi connectivity index (χ3v) is 2.45. The number of fused-ring (bicyclic) bond motifs is 1. The first-order valence-corrected chi connectivity index (χ1v) is 3.69. The van der Waals surface area contributed by atoms with Crippen molar-refractivity contribution in [3.63, 3.8) is 0 Å². The molecule has 1 saturated heterocycles. The van der Waals surface area contributed by atoms with E-state index in [1.165, 1.54) is 6.42 Å². The zero-order chi connectivity index (χ0) is 6.27. The molecule has 2 aliphatic rings. The van der Waals surface area contributed by atoms with Gasteiger partial charge in [0.15, 0.2) is 0 Å². The van der Waals surface area contributed by atoms with E-state index in [-0.39, 0.29) is 0 Å². The third kappa shape index (κ3) is 0.775. The predicted octanol–water partition coefficient (Wildman–Crippen LogP) is 0.241. The van der Waals surface area contributed by atoms with Gasteiger partial charge in [-0.15, -0.1) is 0 Å². The molecule has 1 aliphatic heterocycles. The molecule has 52 valence electrons.